The summed E-state index contributed by atoms with van der Waals surface area (Å²) in [5.41, 5.74) is 4.71. The first-order chi connectivity index (χ1) is 32.6. The van der Waals surface area contributed by atoms with E-state index < -0.39 is 24.2 Å². The molecular formula is C56H36N2O. The molecule has 0 atom stereocenters. The zero-order valence-electron chi connectivity index (χ0n) is 39.5. The third-order valence-electron chi connectivity index (χ3n) is 11.3. The van der Waals surface area contributed by atoms with E-state index in [9.17, 15) is 11.0 Å². The van der Waals surface area contributed by atoms with Crippen molar-refractivity contribution >= 4 is 82.4 Å². The van der Waals surface area contributed by atoms with Crippen LogP contribution in [0.25, 0.3) is 93.2 Å². The van der Waals surface area contributed by atoms with Crippen LogP contribution in [0.1, 0.15) is 11.0 Å². The quantitative estimate of drug-likeness (QED) is 0.168. The summed E-state index contributed by atoms with van der Waals surface area (Å²) in [5, 5.41) is 7.23. The van der Waals surface area contributed by atoms with Crippen LogP contribution in [0.4, 0.5) is 17.1 Å². The summed E-state index contributed by atoms with van der Waals surface area (Å²) in [7, 11) is 0. The van der Waals surface area contributed by atoms with E-state index in [1.165, 1.54) is 4.90 Å². The van der Waals surface area contributed by atoms with Crippen molar-refractivity contribution in [2.45, 2.75) is 0 Å². The van der Waals surface area contributed by atoms with E-state index in [1.807, 2.05) is 152 Å². The number of anilines is 3. The minimum atomic E-state index is -0.426. The smallest absolute Gasteiger partial charge is 0.143 e. The summed E-state index contributed by atoms with van der Waals surface area (Å²) in [4.78, 5) is 1.40. The molecule has 12 rings (SSSR count). The maximum atomic E-state index is 9.90. The Bertz CT molecular complexity index is 3950. The van der Waals surface area contributed by atoms with Crippen molar-refractivity contribution in [1.29, 1.82) is 0 Å². The molecule has 3 heteroatoms. The SMILES string of the molecule is [2H]c1c([2H])c(N(c2ccccc2-c2cccc3c2ccc2c4ccccc4oc32)c2c([2H])c([2H])c(-n3c4ccccc4c4ccccc43)c([2H])c2[2H])c([2H])c([2H])c1-c1ccc2ccccc2c1. The molecule has 3 nitrogen and oxygen atoms in total. The maximum Gasteiger partial charge on any atom is 0.143 e. The molecular weight excluding hydrogens is 717 g/mol. The molecule has 276 valence electrons. The predicted octanol–water partition coefficient (Wildman–Crippen LogP) is 15.8. The minimum Gasteiger partial charge on any atom is -0.455 e. The third kappa shape index (κ3) is 5.36. The van der Waals surface area contributed by atoms with Crippen molar-refractivity contribution in [3.63, 3.8) is 0 Å². The van der Waals surface area contributed by atoms with Crippen LogP contribution in [-0.2, 0) is 0 Å². The number of aromatic nitrogens is 1. The lowest BCUT2D eigenvalue weighted by Gasteiger charge is -2.28. The number of fused-ring (bicyclic) bond motifs is 9. The first kappa shape index (κ1) is 26.1. The minimum absolute atomic E-state index is 0.0412. The molecule has 0 spiro atoms. The first-order valence-corrected chi connectivity index (χ1v) is 19.5. The van der Waals surface area contributed by atoms with Gasteiger partial charge in [0.05, 0.1) is 27.7 Å². The van der Waals surface area contributed by atoms with Crippen molar-refractivity contribution in [1.82, 2.24) is 4.57 Å². The summed E-state index contributed by atoms with van der Waals surface area (Å²) in [6.07, 6.45) is 0. The lowest BCUT2D eigenvalue weighted by molar-refractivity contribution is 0.672. The Morgan fingerprint density at radius 3 is 1.76 bits per heavy atom. The Labute approximate surface area is 352 Å². The highest BCUT2D eigenvalue weighted by atomic mass is 16.3. The van der Waals surface area contributed by atoms with Gasteiger partial charge in [0.25, 0.3) is 0 Å². The zero-order chi connectivity index (χ0) is 45.8. The molecule has 0 radical (unpaired) electrons. The number of benzene rings is 10. The summed E-state index contributed by atoms with van der Waals surface area (Å²) >= 11 is 0. The highest BCUT2D eigenvalue weighted by Gasteiger charge is 2.21. The topological polar surface area (TPSA) is 21.3 Å². The van der Waals surface area contributed by atoms with Gasteiger partial charge >= 0.3 is 0 Å². The largest absolute Gasteiger partial charge is 0.455 e. The van der Waals surface area contributed by atoms with Crippen LogP contribution < -0.4 is 4.90 Å². The number of furan rings is 1. The summed E-state index contributed by atoms with van der Waals surface area (Å²) in [6.45, 7) is 0. The van der Waals surface area contributed by atoms with E-state index in [0.29, 0.717) is 33.4 Å². The average Bonchev–Trinajstić information content (AvgIpc) is 3.91. The van der Waals surface area contributed by atoms with Gasteiger partial charge in [0.1, 0.15) is 11.2 Å². The standard InChI is InChI=1S/C56H36N2O/c1-2-13-39-36-40(25-24-37(39)12-1)38-26-28-41(29-27-38)57(42-30-32-43(33-31-42)58-53-21-8-4-15-47(53)48-16-5-9-22-54(48)58)52-20-7-3-14-46(52)44-18-11-19-50-45(44)34-35-51-49-17-6-10-23-55(49)59-56(50)51/h1-36H/i26D,27D,28D,29D,30D,31D,32D,33D. The van der Waals surface area contributed by atoms with Gasteiger partial charge in [0.15, 0.2) is 0 Å². The molecule has 0 aliphatic heterocycles. The van der Waals surface area contributed by atoms with Gasteiger partial charge < -0.3 is 13.9 Å². The summed E-state index contributed by atoms with van der Waals surface area (Å²) < 4.78 is 86.2. The van der Waals surface area contributed by atoms with Gasteiger partial charge in [-0.25, -0.2) is 0 Å². The summed E-state index contributed by atoms with van der Waals surface area (Å²) in [5.74, 6) is 0. The fourth-order valence-electron chi connectivity index (χ4n) is 8.62. The number of hydrogen-bond acceptors (Lipinski definition) is 2. The molecule has 0 amide bonds. The van der Waals surface area contributed by atoms with E-state index in [-0.39, 0.29) is 46.8 Å². The monoisotopic (exact) mass is 760 g/mol. The number of para-hydroxylation sites is 4. The van der Waals surface area contributed by atoms with Gasteiger partial charge in [0, 0.05) is 49.6 Å². The molecule has 0 bridgehead atoms. The normalized spacial score (nSPS) is 13.6. The molecule has 10 aromatic carbocycles. The van der Waals surface area contributed by atoms with E-state index in [0.717, 1.165) is 54.2 Å². The van der Waals surface area contributed by atoms with Gasteiger partial charge in [-0.05, 0) is 106 Å². The third-order valence-corrected chi connectivity index (χ3v) is 11.3. The van der Waals surface area contributed by atoms with Crippen LogP contribution >= 0.6 is 0 Å². The zero-order valence-corrected chi connectivity index (χ0v) is 31.5. The molecule has 59 heavy (non-hydrogen) atoms. The average molecular weight is 761 g/mol. The van der Waals surface area contributed by atoms with Crippen molar-refractivity contribution in [3.8, 4) is 27.9 Å². The van der Waals surface area contributed by atoms with E-state index >= 15 is 0 Å². The van der Waals surface area contributed by atoms with Crippen LogP contribution in [-0.4, -0.2) is 4.57 Å². The number of hydrogen-bond donors (Lipinski definition) is 0. The molecule has 0 N–H and O–H groups in total. The van der Waals surface area contributed by atoms with Crippen molar-refractivity contribution in [2.24, 2.45) is 0 Å². The molecule has 12 aromatic rings. The Morgan fingerprint density at radius 2 is 0.983 bits per heavy atom. The Hall–Kier alpha value is -7.88. The second-order valence-electron chi connectivity index (χ2n) is 14.6. The van der Waals surface area contributed by atoms with Gasteiger partial charge in [0.2, 0.25) is 0 Å². The fourth-order valence-corrected chi connectivity index (χ4v) is 8.62. The van der Waals surface area contributed by atoms with Gasteiger partial charge in [-0.15, -0.1) is 0 Å². The molecule has 2 aromatic heterocycles. The first-order valence-electron chi connectivity index (χ1n) is 23.5. The van der Waals surface area contributed by atoms with Crippen molar-refractivity contribution < 1.29 is 15.4 Å². The van der Waals surface area contributed by atoms with Gasteiger partial charge in [-0.1, -0.05) is 146 Å². The van der Waals surface area contributed by atoms with Gasteiger partial charge in [-0.3, -0.25) is 0 Å². The van der Waals surface area contributed by atoms with Crippen LogP contribution in [0.2, 0.25) is 0 Å². The lowest BCUT2D eigenvalue weighted by Crippen LogP contribution is -2.11. The second-order valence-corrected chi connectivity index (χ2v) is 14.6. The number of rotatable bonds is 6. The highest BCUT2D eigenvalue weighted by Crippen LogP contribution is 2.45. The fraction of sp³-hybridized carbons (Fsp3) is 0. The Morgan fingerprint density at radius 1 is 0.407 bits per heavy atom. The van der Waals surface area contributed by atoms with E-state index in [4.69, 9.17) is 4.42 Å². The Kier molecular flexibility index (Phi) is 5.92. The lowest BCUT2D eigenvalue weighted by atomic mass is 9.94. The highest BCUT2D eigenvalue weighted by molar-refractivity contribution is 6.18. The van der Waals surface area contributed by atoms with Crippen LogP contribution in [0, 0.1) is 0 Å². The molecule has 0 saturated carbocycles. The maximum absolute atomic E-state index is 9.90. The number of nitrogens with zero attached hydrogens (tertiary/aromatic N) is 2. The van der Waals surface area contributed by atoms with E-state index in [1.54, 1.807) is 22.8 Å². The van der Waals surface area contributed by atoms with E-state index in [2.05, 4.69) is 0 Å². The van der Waals surface area contributed by atoms with Crippen LogP contribution in [0.5, 0.6) is 0 Å². The molecule has 0 saturated heterocycles. The molecule has 0 unspecified atom stereocenters. The van der Waals surface area contributed by atoms with Crippen LogP contribution in [0.3, 0.4) is 0 Å². The molecule has 0 aliphatic carbocycles. The van der Waals surface area contributed by atoms with Gasteiger partial charge in [-0.2, -0.15) is 0 Å². The second kappa shape index (κ2) is 13.4. The Balaban J connectivity index is 1.15. The molecule has 2 heterocycles. The predicted molar refractivity (Wildman–Crippen MR) is 249 cm³/mol. The van der Waals surface area contributed by atoms with Crippen LogP contribution in [0.15, 0.2) is 223 Å². The van der Waals surface area contributed by atoms with Crippen molar-refractivity contribution in [3.05, 3.63) is 218 Å². The molecule has 0 aliphatic rings. The summed E-state index contributed by atoms with van der Waals surface area (Å²) in [6, 6.07) is 50.6. The molecule has 0 fully saturated rings. The van der Waals surface area contributed by atoms with Crippen molar-refractivity contribution in [2.75, 3.05) is 4.90 Å².